The number of nitrogens with zero attached hydrogens (tertiary/aromatic N) is 1. The largest absolute Gasteiger partial charge is 0.487 e. The van der Waals surface area contributed by atoms with E-state index in [9.17, 15) is 10.1 Å². The molecule has 0 saturated carbocycles. The maximum Gasteiger partial charge on any atom is 0.333 e. The molecule has 0 aliphatic carbocycles. The monoisotopic (exact) mass is 276 g/mol. The van der Waals surface area contributed by atoms with E-state index >= 15 is 0 Å². The summed E-state index contributed by atoms with van der Waals surface area (Å²) in [5.41, 5.74) is 0.488. The van der Waals surface area contributed by atoms with Gasteiger partial charge >= 0.3 is 5.69 Å². The molecule has 1 aromatic carbocycles. The molecular weight excluding hydrogens is 256 g/mol. The van der Waals surface area contributed by atoms with Gasteiger partial charge in [-0.2, -0.15) is 0 Å². The Hall–Kier alpha value is -2.22. The van der Waals surface area contributed by atoms with Crippen molar-refractivity contribution in [2.45, 2.75) is 32.6 Å². The topological polar surface area (TPSA) is 64.4 Å². The molecular formula is C15H20N2O3. The Morgan fingerprint density at radius 2 is 2.25 bits per heavy atom. The summed E-state index contributed by atoms with van der Waals surface area (Å²) in [6, 6.07) is 5.07. The van der Waals surface area contributed by atoms with Gasteiger partial charge in [-0.05, 0) is 31.4 Å². The van der Waals surface area contributed by atoms with E-state index in [0.29, 0.717) is 24.6 Å². The lowest BCUT2D eigenvalue weighted by Crippen LogP contribution is -2.06. The maximum absolute atomic E-state index is 11.2. The lowest BCUT2D eigenvalue weighted by molar-refractivity contribution is -0.385. The fourth-order valence-electron chi connectivity index (χ4n) is 1.76. The average Bonchev–Trinajstić information content (AvgIpc) is 2.44. The van der Waals surface area contributed by atoms with Crippen molar-refractivity contribution >= 4 is 11.4 Å². The number of terminal acetylenes is 1. The van der Waals surface area contributed by atoms with Gasteiger partial charge < -0.3 is 10.1 Å². The summed E-state index contributed by atoms with van der Waals surface area (Å²) in [5.74, 6) is 2.88. The molecule has 0 aromatic heterocycles. The van der Waals surface area contributed by atoms with Crippen LogP contribution < -0.4 is 10.1 Å². The van der Waals surface area contributed by atoms with Gasteiger partial charge in [-0.1, -0.05) is 13.0 Å². The van der Waals surface area contributed by atoms with E-state index in [0.717, 1.165) is 25.7 Å². The van der Waals surface area contributed by atoms with E-state index in [-0.39, 0.29) is 5.69 Å². The predicted molar refractivity (Wildman–Crippen MR) is 80.1 cm³/mol. The van der Waals surface area contributed by atoms with Crippen LogP contribution in [0.1, 0.15) is 32.6 Å². The number of rotatable bonds is 9. The summed E-state index contributed by atoms with van der Waals surface area (Å²) < 4.78 is 5.42. The minimum atomic E-state index is -0.408. The molecule has 5 nitrogen and oxygen atoms in total. The molecule has 1 N–H and O–H groups in total. The Morgan fingerprint density at radius 1 is 1.45 bits per heavy atom. The number of para-hydroxylation sites is 1. The Kier molecular flexibility index (Phi) is 6.97. The maximum atomic E-state index is 11.2. The minimum Gasteiger partial charge on any atom is -0.487 e. The normalized spacial score (nSPS) is 9.80. The first-order chi connectivity index (χ1) is 9.70. The zero-order chi connectivity index (χ0) is 14.8. The second kappa shape index (κ2) is 8.81. The molecule has 0 spiro atoms. The van der Waals surface area contributed by atoms with Crippen molar-refractivity contribution in [1.82, 2.24) is 0 Å². The Labute approximate surface area is 119 Å². The molecule has 108 valence electrons. The van der Waals surface area contributed by atoms with E-state index in [4.69, 9.17) is 11.2 Å². The van der Waals surface area contributed by atoms with E-state index in [1.807, 2.05) is 6.92 Å². The van der Waals surface area contributed by atoms with E-state index < -0.39 is 4.92 Å². The van der Waals surface area contributed by atoms with Crippen molar-refractivity contribution < 1.29 is 9.66 Å². The van der Waals surface area contributed by atoms with Crippen LogP contribution in [0.2, 0.25) is 0 Å². The first-order valence-corrected chi connectivity index (χ1v) is 6.78. The van der Waals surface area contributed by atoms with Crippen LogP contribution in [0.5, 0.6) is 5.75 Å². The highest BCUT2D eigenvalue weighted by Gasteiger charge is 2.20. The molecule has 1 rings (SSSR count). The van der Waals surface area contributed by atoms with Crippen LogP contribution >= 0.6 is 0 Å². The van der Waals surface area contributed by atoms with E-state index in [1.165, 1.54) is 0 Å². The van der Waals surface area contributed by atoms with Crippen LogP contribution in [-0.2, 0) is 0 Å². The number of hydrogen-bond acceptors (Lipinski definition) is 4. The van der Waals surface area contributed by atoms with Crippen LogP contribution in [0.4, 0.5) is 11.4 Å². The van der Waals surface area contributed by atoms with Crippen molar-refractivity contribution in [3.63, 3.8) is 0 Å². The van der Waals surface area contributed by atoms with E-state index in [1.54, 1.807) is 18.2 Å². The van der Waals surface area contributed by atoms with Crippen LogP contribution in [0.3, 0.4) is 0 Å². The quantitative estimate of drug-likeness (QED) is 0.324. The van der Waals surface area contributed by atoms with Gasteiger partial charge in [-0.15, -0.1) is 12.3 Å². The van der Waals surface area contributed by atoms with Gasteiger partial charge in [-0.25, -0.2) is 0 Å². The second-order valence-corrected chi connectivity index (χ2v) is 4.35. The Balaban J connectivity index is 2.74. The Bertz CT molecular complexity index is 480. The van der Waals surface area contributed by atoms with Gasteiger partial charge in [0.15, 0.2) is 5.75 Å². The third-order valence-corrected chi connectivity index (χ3v) is 2.71. The van der Waals surface area contributed by atoms with Gasteiger partial charge in [0.25, 0.3) is 0 Å². The predicted octanol–water partition coefficient (Wildman–Crippen LogP) is 3.60. The standard InChI is InChI=1S/C15H20N2O3/c1-3-5-6-7-11-16-13-9-8-10-14(20-12-4-2)15(13)17(18)19/h1,8-10,16H,4-7,11-12H2,2H3. The van der Waals surface area contributed by atoms with Gasteiger partial charge in [0, 0.05) is 13.0 Å². The molecule has 1 aromatic rings. The molecule has 0 unspecified atom stereocenters. The van der Waals surface area contributed by atoms with Crippen molar-refractivity contribution in [2.75, 3.05) is 18.5 Å². The number of benzene rings is 1. The van der Waals surface area contributed by atoms with Gasteiger partial charge in [-0.3, -0.25) is 10.1 Å². The van der Waals surface area contributed by atoms with Crippen LogP contribution in [0, 0.1) is 22.5 Å². The molecule has 0 saturated heterocycles. The summed E-state index contributed by atoms with van der Waals surface area (Å²) in [6.45, 7) is 3.08. The van der Waals surface area contributed by atoms with Crippen molar-refractivity contribution in [1.29, 1.82) is 0 Å². The lowest BCUT2D eigenvalue weighted by atomic mass is 10.2. The van der Waals surface area contributed by atoms with Gasteiger partial charge in [0.2, 0.25) is 0 Å². The molecule has 5 heteroatoms. The zero-order valence-electron chi connectivity index (χ0n) is 11.7. The van der Waals surface area contributed by atoms with Crippen molar-refractivity contribution in [2.24, 2.45) is 0 Å². The van der Waals surface area contributed by atoms with Crippen LogP contribution in [-0.4, -0.2) is 18.1 Å². The first kappa shape index (κ1) is 15.8. The van der Waals surface area contributed by atoms with Gasteiger partial charge in [0.1, 0.15) is 5.69 Å². The number of nitro benzene ring substituents is 1. The molecule has 0 amide bonds. The van der Waals surface area contributed by atoms with Crippen molar-refractivity contribution in [3.05, 3.63) is 28.3 Å². The smallest absolute Gasteiger partial charge is 0.333 e. The SMILES string of the molecule is C#CCCCCNc1cccc(OCCC)c1[N+](=O)[O-]. The number of anilines is 1. The van der Waals surface area contributed by atoms with Crippen LogP contribution in [0.25, 0.3) is 0 Å². The molecule has 0 radical (unpaired) electrons. The summed E-state index contributed by atoms with van der Waals surface area (Å²) in [4.78, 5) is 10.8. The summed E-state index contributed by atoms with van der Waals surface area (Å²) in [5, 5.41) is 14.3. The summed E-state index contributed by atoms with van der Waals surface area (Å²) in [6.07, 6.45) is 8.49. The molecule has 0 fully saturated rings. The minimum absolute atomic E-state index is 0.00194. The number of ether oxygens (including phenoxy) is 1. The number of nitrogens with one attached hydrogen (secondary N) is 1. The third kappa shape index (κ3) is 4.81. The highest BCUT2D eigenvalue weighted by molar-refractivity contribution is 5.68. The highest BCUT2D eigenvalue weighted by Crippen LogP contribution is 2.34. The summed E-state index contributed by atoms with van der Waals surface area (Å²) >= 11 is 0. The molecule has 0 heterocycles. The lowest BCUT2D eigenvalue weighted by Gasteiger charge is -2.10. The van der Waals surface area contributed by atoms with Gasteiger partial charge in [0.05, 0.1) is 11.5 Å². The van der Waals surface area contributed by atoms with E-state index in [2.05, 4.69) is 11.2 Å². The molecule has 20 heavy (non-hydrogen) atoms. The molecule has 0 bridgehead atoms. The first-order valence-electron chi connectivity index (χ1n) is 6.78. The number of unbranched alkanes of at least 4 members (excludes halogenated alkanes) is 2. The fourth-order valence-corrected chi connectivity index (χ4v) is 1.76. The second-order valence-electron chi connectivity index (χ2n) is 4.35. The molecule has 0 aliphatic rings. The third-order valence-electron chi connectivity index (χ3n) is 2.71. The fraction of sp³-hybridized carbons (Fsp3) is 0.467. The molecule has 0 atom stereocenters. The Morgan fingerprint density at radius 3 is 2.90 bits per heavy atom. The van der Waals surface area contributed by atoms with Crippen LogP contribution in [0.15, 0.2) is 18.2 Å². The van der Waals surface area contributed by atoms with Crippen molar-refractivity contribution in [3.8, 4) is 18.1 Å². The average molecular weight is 276 g/mol. The highest BCUT2D eigenvalue weighted by atomic mass is 16.6. The number of nitro groups is 1. The number of hydrogen-bond donors (Lipinski definition) is 1. The molecule has 0 aliphatic heterocycles. The zero-order valence-corrected chi connectivity index (χ0v) is 11.7. The summed E-state index contributed by atoms with van der Waals surface area (Å²) in [7, 11) is 0.